The maximum atomic E-state index is 11.7. The van der Waals surface area contributed by atoms with Crippen molar-refractivity contribution in [2.24, 2.45) is 0 Å². The number of aryl methyl sites for hydroxylation is 1. The van der Waals surface area contributed by atoms with Crippen molar-refractivity contribution in [2.45, 2.75) is 20.3 Å². The van der Waals surface area contributed by atoms with Gasteiger partial charge in [0.25, 0.3) is 5.91 Å². The maximum absolute atomic E-state index is 11.7. The molecule has 2 rings (SSSR count). The number of rotatable bonds is 6. The van der Waals surface area contributed by atoms with E-state index in [4.69, 9.17) is 4.74 Å². The molecule has 5 heteroatoms. The molecule has 0 spiro atoms. The Kier molecular flexibility index (Phi) is 4.76. The van der Waals surface area contributed by atoms with Crippen LogP contribution in [0.4, 0.5) is 0 Å². The average Bonchev–Trinajstić information content (AvgIpc) is 2.94. The zero-order valence-corrected chi connectivity index (χ0v) is 11.8. The van der Waals surface area contributed by atoms with Gasteiger partial charge in [-0.25, -0.2) is 4.98 Å². The fourth-order valence-electron chi connectivity index (χ4n) is 1.83. The quantitative estimate of drug-likeness (QED) is 0.843. The van der Waals surface area contributed by atoms with Crippen LogP contribution in [-0.4, -0.2) is 29.0 Å². The summed E-state index contributed by atoms with van der Waals surface area (Å²) < 4.78 is 5.53. The molecule has 5 nitrogen and oxygen atoms in total. The lowest BCUT2D eigenvalue weighted by atomic mass is 10.1. The van der Waals surface area contributed by atoms with Crippen molar-refractivity contribution < 1.29 is 9.53 Å². The summed E-state index contributed by atoms with van der Waals surface area (Å²) >= 11 is 0. The molecule has 2 aromatic rings. The van der Waals surface area contributed by atoms with Crippen LogP contribution >= 0.6 is 0 Å². The third-order valence-electron chi connectivity index (χ3n) is 3.15. The molecule has 106 valence electrons. The molecule has 0 saturated heterocycles. The molecule has 0 bridgehead atoms. The predicted molar refractivity (Wildman–Crippen MR) is 76.7 cm³/mol. The lowest BCUT2D eigenvalue weighted by molar-refractivity contribution is -0.123. The number of hydrogen-bond acceptors (Lipinski definition) is 3. The molecule has 1 aromatic carbocycles. The van der Waals surface area contributed by atoms with Gasteiger partial charge < -0.3 is 15.0 Å². The second kappa shape index (κ2) is 6.75. The highest BCUT2D eigenvalue weighted by molar-refractivity contribution is 5.77. The van der Waals surface area contributed by atoms with Gasteiger partial charge >= 0.3 is 0 Å². The van der Waals surface area contributed by atoms with Gasteiger partial charge in [-0.2, -0.15) is 0 Å². The molecular weight excluding hydrogens is 254 g/mol. The highest BCUT2D eigenvalue weighted by Gasteiger charge is 2.06. The molecular formula is C15H19N3O2. The minimum atomic E-state index is -0.127. The van der Waals surface area contributed by atoms with Crippen LogP contribution in [0.5, 0.6) is 5.75 Å². The van der Waals surface area contributed by atoms with E-state index in [2.05, 4.69) is 15.3 Å². The van der Waals surface area contributed by atoms with Gasteiger partial charge in [0.05, 0.1) is 0 Å². The number of amides is 1. The minimum Gasteiger partial charge on any atom is -0.483 e. The Hall–Kier alpha value is -2.30. The standard InChI is InChI=1S/C15H19N3O2/c1-11-4-3-5-13(12(11)2)20-10-15(19)18-7-6-14-16-8-9-17-14/h3-5,8-9H,6-7,10H2,1-2H3,(H,16,17)(H,18,19). The first-order valence-electron chi connectivity index (χ1n) is 6.61. The van der Waals surface area contributed by atoms with Gasteiger partial charge in [0.2, 0.25) is 0 Å². The van der Waals surface area contributed by atoms with E-state index in [1.807, 2.05) is 32.0 Å². The zero-order chi connectivity index (χ0) is 14.4. The van der Waals surface area contributed by atoms with Gasteiger partial charge in [-0.05, 0) is 31.0 Å². The summed E-state index contributed by atoms with van der Waals surface area (Å²) in [6.07, 6.45) is 4.14. The van der Waals surface area contributed by atoms with E-state index in [-0.39, 0.29) is 12.5 Å². The molecule has 0 atom stereocenters. The maximum Gasteiger partial charge on any atom is 0.257 e. The Morgan fingerprint density at radius 3 is 3.00 bits per heavy atom. The summed E-state index contributed by atoms with van der Waals surface area (Å²) in [5.41, 5.74) is 2.22. The van der Waals surface area contributed by atoms with Gasteiger partial charge in [0, 0.05) is 25.4 Å². The molecule has 0 aliphatic carbocycles. The lowest BCUT2D eigenvalue weighted by Gasteiger charge is -2.10. The van der Waals surface area contributed by atoms with Gasteiger partial charge in [-0.15, -0.1) is 0 Å². The van der Waals surface area contributed by atoms with E-state index in [0.717, 1.165) is 22.7 Å². The normalized spacial score (nSPS) is 10.3. The second-order valence-corrected chi connectivity index (χ2v) is 4.62. The first kappa shape index (κ1) is 14.1. The Balaban J connectivity index is 1.73. The van der Waals surface area contributed by atoms with E-state index in [0.29, 0.717) is 13.0 Å². The SMILES string of the molecule is Cc1cccc(OCC(=O)NCCc2ncc[nH]2)c1C. The van der Waals surface area contributed by atoms with Crippen molar-refractivity contribution in [3.8, 4) is 5.75 Å². The second-order valence-electron chi connectivity index (χ2n) is 4.62. The summed E-state index contributed by atoms with van der Waals surface area (Å²) in [7, 11) is 0. The number of benzene rings is 1. The molecule has 1 amide bonds. The summed E-state index contributed by atoms with van der Waals surface area (Å²) in [4.78, 5) is 18.8. The first-order valence-corrected chi connectivity index (χ1v) is 6.61. The lowest BCUT2D eigenvalue weighted by Crippen LogP contribution is -2.30. The van der Waals surface area contributed by atoms with Crippen LogP contribution < -0.4 is 10.1 Å². The summed E-state index contributed by atoms with van der Waals surface area (Å²) in [5.74, 6) is 1.49. The summed E-state index contributed by atoms with van der Waals surface area (Å²) in [6.45, 7) is 4.58. The van der Waals surface area contributed by atoms with Crippen molar-refractivity contribution in [3.05, 3.63) is 47.5 Å². The Morgan fingerprint density at radius 1 is 1.40 bits per heavy atom. The number of H-pyrrole nitrogens is 1. The minimum absolute atomic E-state index is 0.0302. The van der Waals surface area contributed by atoms with Crippen molar-refractivity contribution in [1.29, 1.82) is 0 Å². The highest BCUT2D eigenvalue weighted by Crippen LogP contribution is 2.20. The third-order valence-corrected chi connectivity index (χ3v) is 3.15. The van der Waals surface area contributed by atoms with Crippen LogP contribution in [0.1, 0.15) is 17.0 Å². The Morgan fingerprint density at radius 2 is 2.25 bits per heavy atom. The van der Waals surface area contributed by atoms with Crippen molar-refractivity contribution in [1.82, 2.24) is 15.3 Å². The molecule has 0 aliphatic rings. The van der Waals surface area contributed by atoms with Gasteiger partial charge in [-0.1, -0.05) is 12.1 Å². The number of aromatic nitrogens is 2. The van der Waals surface area contributed by atoms with Gasteiger partial charge in [0.1, 0.15) is 11.6 Å². The predicted octanol–water partition coefficient (Wildman–Crippen LogP) is 1.76. The van der Waals surface area contributed by atoms with Crippen molar-refractivity contribution >= 4 is 5.91 Å². The van der Waals surface area contributed by atoms with Crippen LogP contribution in [0, 0.1) is 13.8 Å². The molecule has 0 radical (unpaired) electrons. The smallest absolute Gasteiger partial charge is 0.257 e. The number of nitrogens with zero attached hydrogens (tertiary/aromatic N) is 1. The monoisotopic (exact) mass is 273 g/mol. The van der Waals surface area contributed by atoms with E-state index >= 15 is 0 Å². The van der Waals surface area contributed by atoms with Crippen LogP contribution in [-0.2, 0) is 11.2 Å². The first-order chi connectivity index (χ1) is 9.66. The molecule has 1 heterocycles. The Bertz CT molecular complexity index is 565. The topological polar surface area (TPSA) is 67.0 Å². The van der Waals surface area contributed by atoms with Crippen LogP contribution in [0.3, 0.4) is 0 Å². The highest BCUT2D eigenvalue weighted by atomic mass is 16.5. The average molecular weight is 273 g/mol. The van der Waals surface area contributed by atoms with Crippen LogP contribution in [0.25, 0.3) is 0 Å². The van der Waals surface area contributed by atoms with E-state index in [9.17, 15) is 4.79 Å². The van der Waals surface area contributed by atoms with Gasteiger partial charge in [0.15, 0.2) is 6.61 Å². The van der Waals surface area contributed by atoms with Crippen LogP contribution in [0.2, 0.25) is 0 Å². The fourth-order valence-corrected chi connectivity index (χ4v) is 1.83. The fraction of sp³-hybridized carbons (Fsp3) is 0.333. The van der Waals surface area contributed by atoms with E-state index in [1.54, 1.807) is 12.4 Å². The number of carbonyl (C=O) groups is 1. The summed E-state index contributed by atoms with van der Waals surface area (Å²) in [5, 5.41) is 2.80. The van der Waals surface area contributed by atoms with Crippen molar-refractivity contribution in [2.75, 3.05) is 13.2 Å². The summed E-state index contributed by atoms with van der Waals surface area (Å²) in [6, 6.07) is 5.82. The number of aromatic amines is 1. The van der Waals surface area contributed by atoms with E-state index < -0.39 is 0 Å². The molecule has 0 aliphatic heterocycles. The van der Waals surface area contributed by atoms with Crippen molar-refractivity contribution in [3.63, 3.8) is 0 Å². The van der Waals surface area contributed by atoms with E-state index in [1.165, 1.54) is 0 Å². The number of hydrogen-bond donors (Lipinski definition) is 2. The van der Waals surface area contributed by atoms with Crippen LogP contribution in [0.15, 0.2) is 30.6 Å². The number of carbonyl (C=O) groups excluding carboxylic acids is 1. The molecule has 0 saturated carbocycles. The Labute approximate surface area is 118 Å². The zero-order valence-electron chi connectivity index (χ0n) is 11.8. The number of imidazole rings is 1. The molecule has 0 fully saturated rings. The number of ether oxygens (including phenoxy) is 1. The molecule has 20 heavy (non-hydrogen) atoms. The van der Waals surface area contributed by atoms with Gasteiger partial charge in [-0.3, -0.25) is 4.79 Å². The molecule has 1 aromatic heterocycles. The molecule has 2 N–H and O–H groups in total. The largest absolute Gasteiger partial charge is 0.483 e. The number of nitrogens with one attached hydrogen (secondary N) is 2. The molecule has 0 unspecified atom stereocenters. The third kappa shape index (κ3) is 3.85.